The Morgan fingerprint density at radius 2 is 1.77 bits per heavy atom. The van der Waals surface area contributed by atoms with Crippen LogP contribution >= 0.6 is 0 Å². The van der Waals surface area contributed by atoms with Crippen LogP contribution in [0.3, 0.4) is 0 Å². The van der Waals surface area contributed by atoms with Crippen molar-refractivity contribution in [2.24, 2.45) is 29.2 Å². The Balaban J connectivity index is 2.55. The summed E-state index contributed by atoms with van der Waals surface area (Å²) in [7, 11) is 1.68. The van der Waals surface area contributed by atoms with Crippen molar-refractivity contribution in [3.63, 3.8) is 0 Å². The third kappa shape index (κ3) is 6.74. The molecule has 1 saturated carbocycles. The monoisotopic (exact) mass is 368 g/mol. The van der Waals surface area contributed by atoms with Crippen LogP contribution in [0, 0.1) is 17.8 Å². The van der Waals surface area contributed by atoms with E-state index in [1.165, 1.54) is 0 Å². The van der Waals surface area contributed by atoms with Gasteiger partial charge in [0.2, 0.25) is 17.6 Å². The van der Waals surface area contributed by atoms with Crippen molar-refractivity contribution in [1.82, 2.24) is 10.2 Å². The molecule has 8 nitrogen and oxygen atoms in total. The highest BCUT2D eigenvalue weighted by Crippen LogP contribution is 2.30. The third-order valence-corrected chi connectivity index (χ3v) is 5.33. The number of likely N-dealkylation sites (N-methyl/N-ethyl adjacent to an activating group) is 1. The van der Waals surface area contributed by atoms with Crippen LogP contribution in [0.25, 0.3) is 0 Å². The molecular weight excluding hydrogens is 336 g/mol. The summed E-state index contributed by atoms with van der Waals surface area (Å²) in [6, 6.07) is -0.839. The first-order chi connectivity index (χ1) is 12.1. The van der Waals surface area contributed by atoms with Gasteiger partial charge in [0.15, 0.2) is 0 Å². The second-order valence-corrected chi connectivity index (χ2v) is 7.52. The molecule has 0 aromatic rings. The van der Waals surface area contributed by atoms with E-state index in [-0.39, 0.29) is 36.6 Å². The zero-order chi connectivity index (χ0) is 19.9. The van der Waals surface area contributed by atoms with E-state index in [9.17, 15) is 19.2 Å². The van der Waals surface area contributed by atoms with Gasteiger partial charge in [0, 0.05) is 20.0 Å². The Kier molecular flexibility index (Phi) is 8.71. The summed E-state index contributed by atoms with van der Waals surface area (Å²) < 4.78 is 0. The highest BCUT2D eigenvalue weighted by atomic mass is 16.2. The van der Waals surface area contributed by atoms with Gasteiger partial charge in [0.05, 0.1) is 12.6 Å². The number of ketones is 1. The van der Waals surface area contributed by atoms with Crippen molar-refractivity contribution >= 4 is 23.5 Å². The molecule has 148 valence electrons. The molecule has 3 atom stereocenters. The molecule has 1 fully saturated rings. The molecule has 3 amide bonds. The maximum absolute atomic E-state index is 12.3. The van der Waals surface area contributed by atoms with E-state index in [0.29, 0.717) is 18.9 Å². The minimum absolute atomic E-state index is 0.00365. The van der Waals surface area contributed by atoms with Gasteiger partial charge in [-0.1, -0.05) is 33.1 Å². The van der Waals surface area contributed by atoms with Crippen LogP contribution in [0.2, 0.25) is 0 Å². The van der Waals surface area contributed by atoms with E-state index in [0.717, 1.165) is 19.3 Å². The van der Waals surface area contributed by atoms with Gasteiger partial charge >= 0.3 is 0 Å². The molecule has 0 aromatic carbocycles. The molecule has 0 heterocycles. The second kappa shape index (κ2) is 10.3. The second-order valence-electron chi connectivity index (χ2n) is 7.52. The lowest BCUT2D eigenvalue weighted by molar-refractivity contribution is -0.138. The highest BCUT2D eigenvalue weighted by molar-refractivity contribution is 6.37. The van der Waals surface area contributed by atoms with Gasteiger partial charge in [-0.2, -0.15) is 0 Å². The number of carbonyl (C=O) groups excluding carboxylic acids is 4. The summed E-state index contributed by atoms with van der Waals surface area (Å²) >= 11 is 0. The SMILES string of the molecule is CC(CC(=O)NC(CC1CCC1)C(=O)C(N)=O)C(C)CN(C)C(=O)CN. The van der Waals surface area contributed by atoms with Crippen molar-refractivity contribution in [2.45, 2.75) is 52.0 Å². The smallest absolute Gasteiger partial charge is 0.287 e. The number of nitrogens with one attached hydrogen (secondary N) is 1. The average Bonchev–Trinajstić information content (AvgIpc) is 2.54. The van der Waals surface area contributed by atoms with Crippen LogP contribution in [-0.2, 0) is 19.2 Å². The molecular formula is C18H32N4O4. The van der Waals surface area contributed by atoms with Crippen molar-refractivity contribution in [3.8, 4) is 0 Å². The predicted octanol–water partition coefficient (Wildman–Crippen LogP) is -0.205. The molecule has 8 heteroatoms. The number of rotatable bonds is 11. The van der Waals surface area contributed by atoms with Crippen molar-refractivity contribution in [1.29, 1.82) is 0 Å². The number of amides is 3. The van der Waals surface area contributed by atoms with E-state index in [1.54, 1.807) is 11.9 Å². The van der Waals surface area contributed by atoms with Crippen LogP contribution in [0.15, 0.2) is 0 Å². The van der Waals surface area contributed by atoms with E-state index in [2.05, 4.69) is 5.32 Å². The quantitative estimate of drug-likeness (QED) is 0.434. The summed E-state index contributed by atoms with van der Waals surface area (Å²) in [5.74, 6) is -1.75. The molecule has 0 spiro atoms. The van der Waals surface area contributed by atoms with Gasteiger partial charge < -0.3 is 21.7 Å². The number of nitrogens with two attached hydrogens (primary N) is 2. The normalized spacial score (nSPS) is 17.5. The summed E-state index contributed by atoms with van der Waals surface area (Å²) in [4.78, 5) is 48.7. The molecule has 1 aliphatic carbocycles. The number of nitrogens with zero attached hydrogens (tertiary/aromatic N) is 1. The van der Waals surface area contributed by atoms with Gasteiger partial charge in [0.1, 0.15) is 0 Å². The molecule has 0 bridgehead atoms. The fourth-order valence-corrected chi connectivity index (χ4v) is 3.08. The van der Waals surface area contributed by atoms with Gasteiger partial charge in [-0.3, -0.25) is 19.2 Å². The summed E-state index contributed by atoms with van der Waals surface area (Å²) in [5, 5.41) is 2.68. The summed E-state index contributed by atoms with van der Waals surface area (Å²) in [6.45, 7) is 4.33. The molecule has 26 heavy (non-hydrogen) atoms. The first-order valence-corrected chi connectivity index (χ1v) is 9.22. The molecule has 1 aliphatic rings. The first-order valence-electron chi connectivity index (χ1n) is 9.22. The minimum atomic E-state index is -1.02. The van der Waals surface area contributed by atoms with E-state index < -0.39 is 17.7 Å². The van der Waals surface area contributed by atoms with Gasteiger partial charge in [-0.25, -0.2) is 0 Å². The van der Waals surface area contributed by atoms with Crippen LogP contribution in [0.4, 0.5) is 0 Å². The predicted molar refractivity (Wildman–Crippen MR) is 97.7 cm³/mol. The van der Waals surface area contributed by atoms with E-state index in [4.69, 9.17) is 11.5 Å². The molecule has 0 radical (unpaired) electrons. The Bertz CT molecular complexity index is 533. The lowest BCUT2D eigenvalue weighted by atomic mass is 9.80. The Morgan fingerprint density at radius 1 is 1.15 bits per heavy atom. The number of carbonyl (C=O) groups is 4. The van der Waals surface area contributed by atoms with Gasteiger partial charge in [-0.15, -0.1) is 0 Å². The van der Waals surface area contributed by atoms with Crippen LogP contribution < -0.4 is 16.8 Å². The molecule has 5 N–H and O–H groups in total. The minimum Gasteiger partial charge on any atom is -0.363 e. The van der Waals surface area contributed by atoms with Gasteiger partial charge in [0.25, 0.3) is 5.91 Å². The number of hydrogen-bond donors (Lipinski definition) is 3. The van der Waals surface area contributed by atoms with Crippen LogP contribution in [0.1, 0.15) is 46.0 Å². The number of Topliss-reactive ketones (excluding diaryl/α,β-unsaturated/α-hetero) is 1. The third-order valence-electron chi connectivity index (χ3n) is 5.33. The lowest BCUT2D eigenvalue weighted by Crippen LogP contribution is -2.48. The standard InChI is InChI=1S/C18H32N4O4/c1-11(12(2)10-22(3)16(24)9-19)7-15(23)21-14(17(25)18(20)26)8-13-5-4-6-13/h11-14H,4-10,19H2,1-3H3,(H2,20,26)(H,21,23). The largest absolute Gasteiger partial charge is 0.363 e. The fraction of sp³-hybridized carbons (Fsp3) is 0.778. The molecule has 0 saturated heterocycles. The Morgan fingerprint density at radius 3 is 2.23 bits per heavy atom. The van der Waals surface area contributed by atoms with E-state index >= 15 is 0 Å². The van der Waals surface area contributed by atoms with Gasteiger partial charge in [-0.05, 0) is 24.2 Å². The van der Waals surface area contributed by atoms with Crippen molar-refractivity contribution in [3.05, 3.63) is 0 Å². The van der Waals surface area contributed by atoms with Crippen LogP contribution in [0.5, 0.6) is 0 Å². The highest BCUT2D eigenvalue weighted by Gasteiger charge is 2.31. The average molecular weight is 368 g/mol. The number of hydrogen-bond acceptors (Lipinski definition) is 5. The molecule has 1 rings (SSSR count). The maximum Gasteiger partial charge on any atom is 0.287 e. The van der Waals surface area contributed by atoms with E-state index in [1.807, 2.05) is 13.8 Å². The van der Waals surface area contributed by atoms with Crippen molar-refractivity contribution < 1.29 is 19.2 Å². The summed E-state index contributed by atoms with van der Waals surface area (Å²) in [6.07, 6.45) is 3.80. The Hall–Kier alpha value is -1.96. The number of primary amides is 1. The zero-order valence-electron chi connectivity index (χ0n) is 16.0. The fourth-order valence-electron chi connectivity index (χ4n) is 3.08. The molecule has 0 aromatic heterocycles. The zero-order valence-corrected chi connectivity index (χ0v) is 16.0. The molecule has 0 aliphatic heterocycles. The topological polar surface area (TPSA) is 136 Å². The first kappa shape index (κ1) is 22.1. The lowest BCUT2D eigenvalue weighted by Gasteiger charge is -2.29. The Labute approximate surface area is 155 Å². The van der Waals surface area contributed by atoms with Crippen molar-refractivity contribution in [2.75, 3.05) is 20.1 Å². The molecule has 3 unspecified atom stereocenters. The summed E-state index contributed by atoms with van der Waals surface area (Å²) in [5.41, 5.74) is 10.5. The maximum atomic E-state index is 12.3. The van der Waals surface area contributed by atoms with Crippen LogP contribution in [-0.4, -0.2) is 54.6 Å².